The van der Waals surface area contributed by atoms with Gasteiger partial charge in [0, 0.05) is 22.6 Å². The second-order valence-corrected chi connectivity index (χ2v) is 5.95. The lowest BCUT2D eigenvalue weighted by atomic mass is 10.1. The number of rotatable bonds is 4. The maximum absolute atomic E-state index is 9.70. The molecule has 2 atom stereocenters. The van der Waals surface area contributed by atoms with Crippen molar-refractivity contribution < 1.29 is 5.11 Å². The average Bonchev–Trinajstić information content (AvgIpc) is 2.68. The highest BCUT2D eigenvalue weighted by Gasteiger charge is 2.24. The Hall–Kier alpha value is -0.0900. The van der Waals surface area contributed by atoms with Crippen molar-refractivity contribution in [1.29, 1.82) is 0 Å². The number of nitrogens with one attached hydrogen (secondary N) is 1. The molecule has 1 aromatic carbocycles. The van der Waals surface area contributed by atoms with Crippen LogP contribution in [0.25, 0.3) is 0 Å². The number of halogens is 2. The monoisotopic (exact) mass is 317 g/mol. The van der Waals surface area contributed by atoms with Gasteiger partial charge in [-0.15, -0.1) is 0 Å². The molecule has 0 amide bonds. The summed E-state index contributed by atoms with van der Waals surface area (Å²) in [7, 11) is 0. The molecule has 0 aromatic heterocycles. The largest absolute Gasteiger partial charge is 0.393 e. The van der Waals surface area contributed by atoms with E-state index >= 15 is 0 Å². The van der Waals surface area contributed by atoms with Crippen LogP contribution in [0, 0.1) is 5.92 Å². The molecular formula is C13H17BrClNO. The van der Waals surface area contributed by atoms with Gasteiger partial charge in [0.25, 0.3) is 0 Å². The number of hydrogen-bond donors (Lipinski definition) is 2. The molecule has 1 aromatic rings. The van der Waals surface area contributed by atoms with Crippen LogP contribution in [0.4, 0.5) is 0 Å². The summed E-state index contributed by atoms with van der Waals surface area (Å²) >= 11 is 9.52. The zero-order chi connectivity index (χ0) is 12.3. The molecular weight excluding hydrogens is 302 g/mol. The Bertz CT molecular complexity index is 386. The summed E-state index contributed by atoms with van der Waals surface area (Å²) < 4.78 is 0.998. The van der Waals surface area contributed by atoms with Crippen molar-refractivity contribution in [2.75, 3.05) is 6.54 Å². The number of hydrogen-bond acceptors (Lipinski definition) is 2. The normalized spacial score (nSPS) is 24.2. The zero-order valence-electron chi connectivity index (χ0n) is 9.63. The SMILES string of the molecule is OC1CCCC1CNCc1ccc(Br)cc1Cl. The summed E-state index contributed by atoms with van der Waals surface area (Å²) in [4.78, 5) is 0. The van der Waals surface area contributed by atoms with E-state index in [1.165, 1.54) is 0 Å². The third kappa shape index (κ3) is 3.68. The van der Waals surface area contributed by atoms with Crippen LogP contribution in [0.5, 0.6) is 0 Å². The topological polar surface area (TPSA) is 32.3 Å². The van der Waals surface area contributed by atoms with Crippen molar-refractivity contribution in [2.24, 2.45) is 5.92 Å². The predicted octanol–water partition coefficient (Wildman–Crippen LogP) is 3.35. The Kier molecular flexibility index (Phi) is 4.86. The lowest BCUT2D eigenvalue weighted by Gasteiger charge is -2.15. The van der Waals surface area contributed by atoms with Crippen molar-refractivity contribution in [3.63, 3.8) is 0 Å². The summed E-state index contributed by atoms with van der Waals surface area (Å²) in [5.74, 6) is 0.407. The third-order valence-electron chi connectivity index (χ3n) is 3.36. The molecule has 0 saturated heterocycles. The molecule has 0 bridgehead atoms. The molecule has 2 nitrogen and oxygen atoms in total. The molecule has 2 unspecified atom stereocenters. The summed E-state index contributed by atoms with van der Waals surface area (Å²) in [6, 6.07) is 5.92. The van der Waals surface area contributed by atoms with E-state index in [-0.39, 0.29) is 6.10 Å². The molecule has 1 saturated carbocycles. The van der Waals surface area contributed by atoms with E-state index in [4.69, 9.17) is 11.6 Å². The van der Waals surface area contributed by atoms with Crippen LogP contribution in [0.2, 0.25) is 5.02 Å². The second kappa shape index (κ2) is 6.19. The van der Waals surface area contributed by atoms with E-state index in [2.05, 4.69) is 21.2 Å². The Morgan fingerprint density at radius 1 is 1.41 bits per heavy atom. The summed E-state index contributed by atoms with van der Waals surface area (Å²) in [6.07, 6.45) is 3.10. The smallest absolute Gasteiger partial charge is 0.0580 e. The van der Waals surface area contributed by atoms with Crippen molar-refractivity contribution in [3.05, 3.63) is 33.3 Å². The van der Waals surface area contributed by atoms with Crippen molar-refractivity contribution in [3.8, 4) is 0 Å². The van der Waals surface area contributed by atoms with Gasteiger partial charge in [0.15, 0.2) is 0 Å². The first kappa shape index (κ1) is 13.3. The fourth-order valence-corrected chi connectivity index (χ4v) is 3.05. The van der Waals surface area contributed by atoms with Gasteiger partial charge >= 0.3 is 0 Å². The second-order valence-electron chi connectivity index (χ2n) is 4.62. The fraction of sp³-hybridized carbons (Fsp3) is 0.538. The van der Waals surface area contributed by atoms with Gasteiger partial charge in [0.05, 0.1) is 6.10 Å². The molecule has 0 heterocycles. The molecule has 17 heavy (non-hydrogen) atoms. The average molecular weight is 319 g/mol. The standard InChI is InChI=1S/C13H17BrClNO/c14-11-5-4-9(12(15)6-11)7-16-8-10-2-1-3-13(10)17/h4-6,10,13,16-17H,1-3,7-8H2. The van der Waals surface area contributed by atoms with E-state index in [1.807, 2.05) is 18.2 Å². The van der Waals surface area contributed by atoms with E-state index in [0.717, 1.165) is 47.4 Å². The van der Waals surface area contributed by atoms with Gasteiger partial charge in [-0.2, -0.15) is 0 Å². The number of aliphatic hydroxyl groups is 1. The van der Waals surface area contributed by atoms with Crippen LogP contribution in [0.15, 0.2) is 22.7 Å². The summed E-state index contributed by atoms with van der Waals surface area (Å²) in [5.41, 5.74) is 1.10. The Morgan fingerprint density at radius 2 is 2.24 bits per heavy atom. The number of aliphatic hydroxyl groups excluding tert-OH is 1. The molecule has 2 N–H and O–H groups in total. The van der Waals surface area contributed by atoms with Crippen molar-refractivity contribution in [2.45, 2.75) is 31.9 Å². The van der Waals surface area contributed by atoms with Crippen LogP contribution in [-0.4, -0.2) is 17.8 Å². The third-order valence-corrected chi connectivity index (χ3v) is 4.20. The Labute approximate surface area is 115 Å². The quantitative estimate of drug-likeness (QED) is 0.892. The van der Waals surface area contributed by atoms with Gasteiger partial charge in [-0.05, 0) is 36.5 Å². The van der Waals surface area contributed by atoms with E-state index in [9.17, 15) is 5.11 Å². The van der Waals surface area contributed by atoms with Crippen LogP contribution >= 0.6 is 27.5 Å². The molecule has 0 radical (unpaired) electrons. The van der Waals surface area contributed by atoms with Crippen molar-refractivity contribution >= 4 is 27.5 Å². The Morgan fingerprint density at radius 3 is 2.88 bits per heavy atom. The highest BCUT2D eigenvalue weighted by Crippen LogP contribution is 2.25. The molecule has 1 fully saturated rings. The number of benzene rings is 1. The highest BCUT2D eigenvalue weighted by molar-refractivity contribution is 9.10. The molecule has 2 rings (SSSR count). The fourth-order valence-electron chi connectivity index (χ4n) is 2.31. The summed E-state index contributed by atoms with van der Waals surface area (Å²) in [6.45, 7) is 1.63. The summed E-state index contributed by atoms with van der Waals surface area (Å²) in [5, 5.41) is 13.9. The van der Waals surface area contributed by atoms with Crippen LogP contribution in [0.1, 0.15) is 24.8 Å². The van der Waals surface area contributed by atoms with Gasteiger partial charge < -0.3 is 10.4 Å². The minimum atomic E-state index is -0.122. The van der Waals surface area contributed by atoms with Gasteiger partial charge in [-0.25, -0.2) is 0 Å². The predicted molar refractivity (Wildman–Crippen MR) is 74.2 cm³/mol. The lowest BCUT2D eigenvalue weighted by molar-refractivity contribution is 0.131. The minimum absolute atomic E-state index is 0.122. The van der Waals surface area contributed by atoms with Gasteiger partial charge in [-0.3, -0.25) is 0 Å². The first-order chi connectivity index (χ1) is 8.16. The van der Waals surface area contributed by atoms with Crippen LogP contribution < -0.4 is 5.32 Å². The first-order valence-electron chi connectivity index (χ1n) is 5.99. The van der Waals surface area contributed by atoms with Gasteiger partial charge in [0.2, 0.25) is 0 Å². The van der Waals surface area contributed by atoms with Gasteiger partial charge in [-0.1, -0.05) is 40.0 Å². The van der Waals surface area contributed by atoms with E-state index in [1.54, 1.807) is 0 Å². The molecule has 0 aliphatic heterocycles. The molecule has 0 spiro atoms. The van der Waals surface area contributed by atoms with E-state index < -0.39 is 0 Å². The Balaban J connectivity index is 1.81. The zero-order valence-corrected chi connectivity index (χ0v) is 12.0. The van der Waals surface area contributed by atoms with Crippen LogP contribution in [0.3, 0.4) is 0 Å². The minimum Gasteiger partial charge on any atom is -0.393 e. The molecule has 1 aliphatic carbocycles. The molecule has 1 aliphatic rings. The molecule has 94 valence electrons. The first-order valence-corrected chi connectivity index (χ1v) is 7.16. The maximum Gasteiger partial charge on any atom is 0.0580 e. The van der Waals surface area contributed by atoms with Gasteiger partial charge in [0.1, 0.15) is 0 Å². The lowest BCUT2D eigenvalue weighted by Crippen LogP contribution is -2.27. The van der Waals surface area contributed by atoms with Crippen LogP contribution in [-0.2, 0) is 6.54 Å². The molecule has 4 heteroatoms. The maximum atomic E-state index is 9.70. The van der Waals surface area contributed by atoms with E-state index in [0.29, 0.717) is 5.92 Å². The highest BCUT2D eigenvalue weighted by atomic mass is 79.9. The van der Waals surface area contributed by atoms with Crippen molar-refractivity contribution in [1.82, 2.24) is 5.32 Å².